The first-order chi connectivity index (χ1) is 7.97. The van der Waals surface area contributed by atoms with Crippen molar-refractivity contribution in [1.29, 1.82) is 0 Å². The number of nitrogens with zero attached hydrogens (tertiary/aromatic N) is 1. The van der Waals surface area contributed by atoms with E-state index in [1.165, 1.54) is 0 Å². The van der Waals surface area contributed by atoms with E-state index in [2.05, 4.69) is 5.32 Å². The topological polar surface area (TPSA) is 52.6 Å². The van der Waals surface area contributed by atoms with Gasteiger partial charge in [0.05, 0.1) is 6.54 Å². The number of phenols is 1. The minimum atomic E-state index is 0.0463. The van der Waals surface area contributed by atoms with Crippen LogP contribution in [0.4, 0.5) is 0 Å². The van der Waals surface area contributed by atoms with Gasteiger partial charge in [-0.15, -0.1) is 0 Å². The Kier molecular flexibility index (Phi) is 4.66. The molecule has 0 aliphatic carbocycles. The standard InChI is InChI=1S/C13H20N2O2/c1-9-10(13(17)7-14-2)5-6-12(16)11(9)8-15(3)4/h5-6,14,16H,7-8H2,1-4H3. The van der Waals surface area contributed by atoms with E-state index in [4.69, 9.17) is 0 Å². The molecule has 0 fully saturated rings. The van der Waals surface area contributed by atoms with Gasteiger partial charge in [0.1, 0.15) is 5.75 Å². The summed E-state index contributed by atoms with van der Waals surface area (Å²) >= 11 is 0. The molecular formula is C13H20N2O2. The van der Waals surface area contributed by atoms with Crippen molar-refractivity contribution in [2.24, 2.45) is 0 Å². The summed E-state index contributed by atoms with van der Waals surface area (Å²) in [5.41, 5.74) is 2.35. The van der Waals surface area contributed by atoms with E-state index < -0.39 is 0 Å². The zero-order valence-corrected chi connectivity index (χ0v) is 10.9. The Hall–Kier alpha value is -1.39. The molecule has 1 aromatic rings. The van der Waals surface area contributed by atoms with Crippen molar-refractivity contribution in [3.05, 3.63) is 28.8 Å². The fraction of sp³-hybridized carbons (Fsp3) is 0.462. The Morgan fingerprint density at radius 3 is 2.59 bits per heavy atom. The quantitative estimate of drug-likeness (QED) is 0.753. The molecule has 0 aromatic heterocycles. The smallest absolute Gasteiger partial charge is 0.176 e. The van der Waals surface area contributed by atoms with Gasteiger partial charge in [0.25, 0.3) is 0 Å². The van der Waals surface area contributed by atoms with Gasteiger partial charge in [-0.3, -0.25) is 4.79 Å². The molecule has 1 rings (SSSR count). The van der Waals surface area contributed by atoms with Crippen LogP contribution in [0.3, 0.4) is 0 Å². The van der Waals surface area contributed by atoms with Gasteiger partial charge in [0.2, 0.25) is 0 Å². The van der Waals surface area contributed by atoms with Crippen LogP contribution in [0.15, 0.2) is 12.1 Å². The molecule has 0 aliphatic rings. The van der Waals surface area contributed by atoms with Crippen LogP contribution in [0, 0.1) is 6.92 Å². The highest BCUT2D eigenvalue weighted by molar-refractivity contribution is 5.99. The number of benzene rings is 1. The molecule has 0 saturated carbocycles. The monoisotopic (exact) mass is 236 g/mol. The molecule has 17 heavy (non-hydrogen) atoms. The highest BCUT2D eigenvalue weighted by Gasteiger charge is 2.14. The molecule has 0 atom stereocenters. The third kappa shape index (κ3) is 3.28. The number of likely N-dealkylation sites (N-methyl/N-ethyl adjacent to an activating group) is 1. The normalized spacial score (nSPS) is 10.9. The summed E-state index contributed by atoms with van der Waals surface area (Å²) < 4.78 is 0. The van der Waals surface area contributed by atoms with E-state index in [0.717, 1.165) is 11.1 Å². The molecule has 94 valence electrons. The zero-order chi connectivity index (χ0) is 13.0. The molecule has 1 aromatic carbocycles. The van der Waals surface area contributed by atoms with Crippen LogP contribution in [-0.4, -0.2) is 43.5 Å². The van der Waals surface area contributed by atoms with Crippen LogP contribution in [0.1, 0.15) is 21.5 Å². The number of hydrogen-bond donors (Lipinski definition) is 2. The summed E-state index contributed by atoms with van der Waals surface area (Å²) in [4.78, 5) is 13.8. The number of hydrogen-bond acceptors (Lipinski definition) is 4. The predicted molar refractivity (Wildman–Crippen MR) is 68.5 cm³/mol. The summed E-state index contributed by atoms with van der Waals surface area (Å²) in [6.45, 7) is 2.81. The predicted octanol–water partition coefficient (Wildman–Crippen LogP) is 1.16. The average Bonchev–Trinajstić information content (AvgIpc) is 2.24. The molecule has 0 amide bonds. The third-order valence-electron chi connectivity index (χ3n) is 2.69. The second kappa shape index (κ2) is 5.80. The number of ketones is 1. The number of phenolic OH excluding ortho intramolecular Hbond substituents is 1. The minimum absolute atomic E-state index is 0.0463. The number of carbonyl (C=O) groups excluding carboxylic acids is 1. The van der Waals surface area contributed by atoms with Crippen LogP contribution in [0.5, 0.6) is 5.75 Å². The van der Waals surface area contributed by atoms with Crippen molar-refractivity contribution in [3.63, 3.8) is 0 Å². The van der Waals surface area contributed by atoms with Gasteiger partial charge in [-0.05, 0) is 45.8 Å². The average molecular weight is 236 g/mol. The molecule has 0 saturated heterocycles. The Morgan fingerprint density at radius 1 is 1.41 bits per heavy atom. The van der Waals surface area contributed by atoms with E-state index in [-0.39, 0.29) is 11.5 Å². The van der Waals surface area contributed by atoms with Gasteiger partial charge >= 0.3 is 0 Å². The van der Waals surface area contributed by atoms with Crippen LogP contribution >= 0.6 is 0 Å². The summed E-state index contributed by atoms with van der Waals surface area (Å²) in [7, 11) is 5.61. The third-order valence-corrected chi connectivity index (χ3v) is 2.69. The van der Waals surface area contributed by atoms with Crippen LogP contribution < -0.4 is 5.32 Å². The molecule has 0 unspecified atom stereocenters. The van der Waals surface area contributed by atoms with Gasteiger partial charge in [-0.2, -0.15) is 0 Å². The van der Waals surface area contributed by atoms with Crippen LogP contribution in [0.2, 0.25) is 0 Å². The Labute approximate surface area is 102 Å². The number of nitrogens with one attached hydrogen (secondary N) is 1. The van der Waals surface area contributed by atoms with Crippen molar-refractivity contribution in [2.45, 2.75) is 13.5 Å². The number of aromatic hydroxyl groups is 1. The minimum Gasteiger partial charge on any atom is -0.508 e. The molecule has 2 N–H and O–H groups in total. The van der Waals surface area contributed by atoms with Gasteiger partial charge < -0.3 is 15.3 Å². The van der Waals surface area contributed by atoms with Crippen molar-refractivity contribution >= 4 is 5.78 Å². The fourth-order valence-electron chi connectivity index (χ4n) is 1.82. The van der Waals surface area contributed by atoms with E-state index in [9.17, 15) is 9.90 Å². The van der Waals surface area contributed by atoms with Gasteiger partial charge in [-0.1, -0.05) is 0 Å². The highest BCUT2D eigenvalue weighted by atomic mass is 16.3. The largest absolute Gasteiger partial charge is 0.508 e. The van der Waals surface area contributed by atoms with Gasteiger partial charge in [0.15, 0.2) is 5.78 Å². The molecule has 4 nitrogen and oxygen atoms in total. The molecule has 0 spiro atoms. The molecular weight excluding hydrogens is 216 g/mol. The lowest BCUT2D eigenvalue weighted by molar-refractivity contribution is 0.0993. The van der Waals surface area contributed by atoms with E-state index in [0.29, 0.717) is 18.7 Å². The molecule has 0 radical (unpaired) electrons. The van der Waals surface area contributed by atoms with E-state index >= 15 is 0 Å². The van der Waals surface area contributed by atoms with E-state index in [1.807, 2.05) is 25.9 Å². The number of Topliss-reactive ketones (excluding diaryl/α,β-unsaturated/α-hetero) is 1. The SMILES string of the molecule is CNCC(=O)c1ccc(O)c(CN(C)C)c1C. The Morgan fingerprint density at radius 2 is 2.06 bits per heavy atom. The van der Waals surface area contributed by atoms with Crippen molar-refractivity contribution < 1.29 is 9.90 Å². The maximum atomic E-state index is 11.9. The fourth-order valence-corrected chi connectivity index (χ4v) is 1.82. The Bertz CT molecular complexity index is 414. The molecule has 4 heteroatoms. The van der Waals surface area contributed by atoms with E-state index in [1.54, 1.807) is 19.2 Å². The molecule has 0 heterocycles. The summed E-state index contributed by atoms with van der Waals surface area (Å²) in [6.07, 6.45) is 0. The summed E-state index contributed by atoms with van der Waals surface area (Å²) in [5.74, 6) is 0.294. The van der Waals surface area contributed by atoms with Crippen LogP contribution in [-0.2, 0) is 6.54 Å². The lowest BCUT2D eigenvalue weighted by Gasteiger charge is -2.16. The molecule has 0 aliphatic heterocycles. The van der Waals surface area contributed by atoms with Crippen LogP contribution in [0.25, 0.3) is 0 Å². The zero-order valence-electron chi connectivity index (χ0n) is 10.9. The second-order valence-electron chi connectivity index (χ2n) is 4.43. The number of carbonyl (C=O) groups is 1. The van der Waals surface area contributed by atoms with Gasteiger partial charge in [0, 0.05) is 17.7 Å². The lowest BCUT2D eigenvalue weighted by Crippen LogP contribution is -2.20. The Balaban J connectivity index is 3.14. The van der Waals surface area contributed by atoms with Crippen molar-refractivity contribution in [1.82, 2.24) is 10.2 Å². The summed E-state index contributed by atoms with van der Waals surface area (Å²) in [5, 5.41) is 12.7. The first-order valence-corrected chi connectivity index (χ1v) is 5.61. The van der Waals surface area contributed by atoms with Gasteiger partial charge in [-0.25, -0.2) is 0 Å². The first-order valence-electron chi connectivity index (χ1n) is 5.61. The van der Waals surface area contributed by atoms with Crippen molar-refractivity contribution in [3.8, 4) is 5.75 Å². The highest BCUT2D eigenvalue weighted by Crippen LogP contribution is 2.25. The summed E-state index contributed by atoms with van der Waals surface area (Å²) in [6, 6.07) is 3.28. The molecule has 0 bridgehead atoms. The number of rotatable bonds is 5. The first kappa shape index (κ1) is 13.7. The lowest BCUT2D eigenvalue weighted by atomic mass is 9.98. The maximum absolute atomic E-state index is 11.9. The van der Waals surface area contributed by atoms with Crippen molar-refractivity contribution in [2.75, 3.05) is 27.7 Å². The maximum Gasteiger partial charge on any atom is 0.176 e. The second-order valence-corrected chi connectivity index (χ2v) is 4.43.